The van der Waals surface area contributed by atoms with Gasteiger partial charge in [-0.05, 0) is 55.9 Å². The van der Waals surface area contributed by atoms with E-state index in [-0.39, 0.29) is 24.4 Å². The van der Waals surface area contributed by atoms with E-state index < -0.39 is 48.4 Å². The minimum Gasteiger partial charge on any atom is -0.496 e. The number of Topliss-reactive ketones (excluding diaryl/α,β-unsaturated/α-hetero) is 1. The molecule has 1 aliphatic heterocycles. The molecule has 1 fully saturated rings. The van der Waals surface area contributed by atoms with Crippen LogP contribution in [0.4, 0.5) is 13.2 Å². The molecule has 0 radical (unpaired) electrons. The number of ketones is 1. The van der Waals surface area contributed by atoms with Crippen LogP contribution in [0.2, 0.25) is 0 Å². The van der Waals surface area contributed by atoms with Gasteiger partial charge >= 0.3 is 6.36 Å². The van der Waals surface area contributed by atoms with Crippen LogP contribution in [-0.2, 0) is 25.5 Å². The molecule has 13 heteroatoms. The summed E-state index contributed by atoms with van der Waals surface area (Å²) in [6, 6.07) is 14.9. The van der Waals surface area contributed by atoms with Gasteiger partial charge in [-0.15, -0.1) is 13.2 Å². The molecule has 0 saturated carbocycles. The highest BCUT2D eigenvalue weighted by Gasteiger charge is 2.35. The summed E-state index contributed by atoms with van der Waals surface area (Å²) in [7, 11) is 1.51. The number of aromatic amines is 1. The number of H-pyrrole nitrogens is 1. The van der Waals surface area contributed by atoms with Crippen LogP contribution in [-0.4, -0.2) is 67.4 Å². The van der Waals surface area contributed by atoms with E-state index in [4.69, 9.17) is 4.74 Å². The number of benzene rings is 2. The Morgan fingerprint density at radius 2 is 1.91 bits per heavy atom. The molecule has 2 aromatic carbocycles. The predicted molar refractivity (Wildman–Crippen MR) is 155 cm³/mol. The molecule has 1 unspecified atom stereocenters. The molecule has 0 bridgehead atoms. The highest BCUT2D eigenvalue weighted by atomic mass is 19.4. The van der Waals surface area contributed by atoms with Gasteiger partial charge in [-0.1, -0.05) is 36.4 Å². The molecule has 2 heterocycles. The third kappa shape index (κ3) is 8.99. The summed E-state index contributed by atoms with van der Waals surface area (Å²) in [5.41, 5.74) is 1.84. The van der Waals surface area contributed by atoms with Crippen molar-refractivity contribution < 1.29 is 41.8 Å². The Labute approximate surface area is 251 Å². The van der Waals surface area contributed by atoms with Gasteiger partial charge in [0, 0.05) is 29.6 Å². The topological polar surface area (TPSA) is 139 Å². The number of aliphatic imine (C=N–C) groups is 1. The summed E-state index contributed by atoms with van der Waals surface area (Å²) in [5, 5.41) is 5.79. The fraction of sp³-hybridized carbons (Fsp3) is 0.387. The number of nitrogens with zero attached hydrogens (tertiary/aromatic N) is 1. The zero-order valence-electron chi connectivity index (χ0n) is 24.0. The van der Waals surface area contributed by atoms with Crippen molar-refractivity contribution in [3.05, 3.63) is 65.9 Å². The quantitative estimate of drug-likeness (QED) is 0.233. The number of alkyl halides is 3. The third-order valence-electron chi connectivity index (χ3n) is 7.37. The van der Waals surface area contributed by atoms with E-state index in [9.17, 15) is 32.3 Å². The zero-order chi connectivity index (χ0) is 31.7. The predicted octanol–water partition coefficient (Wildman–Crippen LogP) is 4.14. The summed E-state index contributed by atoms with van der Waals surface area (Å²) in [4.78, 5) is 58.4. The van der Waals surface area contributed by atoms with Crippen LogP contribution in [0.25, 0.3) is 10.9 Å². The van der Waals surface area contributed by atoms with Crippen LogP contribution >= 0.6 is 0 Å². The summed E-state index contributed by atoms with van der Waals surface area (Å²) < 4.78 is 47.0. The number of rotatable bonds is 14. The Morgan fingerprint density at radius 1 is 1.14 bits per heavy atom. The number of halogens is 3. The Morgan fingerprint density at radius 3 is 2.59 bits per heavy atom. The number of aryl methyl sites for hydroxylation is 1. The van der Waals surface area contributed by atoms with Gasteiger partial charge in [0.15, 0.2) is 5.78 Å². The Kier molecular flexibility index (Phi) is 10.9. The molecule has 44 heavy (non-hydrogen) atoms. The highest BCUT2D eigenvalue weighted by Crippen LogP contribution is 2.26. The van der Waals surface area contributed by atoms with Gasteiger partial charge < -0.3 is 20.4 Å². The first-order valence-corrected chi connectivity index (χ1v) is 14.1. The number of aromatic nitrogens is 1. The number of ether oxygens (including phenoxy) is 2. The molecule has 0 aliphatic carbocycles. The minimum atomic E-state index is -5.05. The summed E-state index contributed by atoms with van der Waals surface area (Å²) >= 11 is 0. The molecule has 3 atom stereocenters. The average molecular weight is 615 g/mol. The first-order chi connectivity index (χ1) is 21.0. The van der Waals surface area contributed by atoms with Gasteiger partial charge in [-0.2, -0.15) is 0 Å². The number of fused-ring (bicyclic) bond motifs is 1. The van der Waals surface area contributed by atoms with Gasteiger partial charge in [-0.25, -0.2) is 4.99 Å². The van der Waals surface area contributed by atoms with Gasteiger partial charge in [0.1, 0.15) is 18.1 Å². The lowest BCUT2D eigenvalue weighted by Gasteiger charge is -2.22. The Hall–Kier alpha value is -4.52. The lowest BCUT2D eigenvalue weighted by atomic mass is 9.94. The maximum Gasteiger partial charge on any atom is 0.522 e. The molecule has 0 spiro atoms. The van der Waals surface area contributed by atoms with Crippen molar-refractivity contribution in [1.82, 2.24) is 15.6 Å². The van der Waals surface area contributed by atoms with Gasteiger partial charge in [0.05, 0.1) is 19.1 Å². The van der Waals surface area contributed by atoms with Crippen molar-refractivity contribution in [3.8, 4) is 5.75 Å². The molecule has 4 rings (SSSR count). The molecular formula is C31H33F3N4O6. The molecule has 1 saturated heterocycles. The average Bonchev–Trinajstić information content (AvgIpc) is 3.63. The summed E-state index contributed by atoms with van der Waals surface area (Å²) in [6.45, 7) is -0.966. The van der Waals surface area contributed by atoms with E-state index in [0.29, 0.717) is 42.5 Å². The first kappa shape index (κ1) is 32.4. The maximum absolute atomic E-state index is 13.5. The van der Waals surface area contributed by atoms with Gasteiger partial charge in [-0.3, -0.25) is 23.9 Å². The van der Waals surface area contributed by atoms with Crippen molar-refractivity contribution in [3.63, 3.8) is 0 Å². The van der Waals surface area contributed by atoms with Crippen molar-refractivity contribution in [2.75, 3.05) is 20.3 Å². The van der Waals surface area contributed by atoms with Crippen LogP contribution in [0.15, 0.2) is 59.6 Å². The van der Waals surface area contributed by atoms with Crippen molar-refractivity contribution in [2.24, 2.45) is 16.8 Å². The second-order valence-electron chi connectivity index (χ2n) is 10.4. The lowest BCUT2D eigenvalue weighted by Crippen LogP contribution is -2.47. The number of nitrogens with one attached hydrogen (secondary N) is 3. The molecule has 3 aromatic rings. The standard InChI is InChI=1S/C31H33F3N4O6/c1-43-27-12-6-11-23-22(27)16-25(37-23)30(42)36-17-21(10-5-9-19-7-3-2-4-8-19)29(41)38-24(15-20-13-14-35-28(20)40)26(39)18-44-31(32,33)34/h2-4,6-8,11-12,16-17,20-21,24,37H,5,9-10,13-15,18H2,1H3,(H,35,40)(H,38,41)/t20-,21?,24-/m0/s1. The Bertz CT molecular complexity index is 1510. The second-order valence-corrected chi connectivity index (χ2v) is 10.4. The molecule has 10 nitrogen and oxygen atoms in total. The molecule has 234 valence electrons. The van der Waals surface area contributed by atoms with E-state index in [1.165, 1.54) is 13.3 Å². The number of hydrogen-bond donors (Lipinski definition) is 3. The number of amides is 3. The number of carbonyl (C=O) groups excluding carboxylic acids is 4. The van der Waals surface area contributed by atoms with Gasteiger partial charge in [0.25, 0.3) is 5.91 Å². The van der Waals surface area contributed by atoms with E-state index in [0.717, 1.165) is 5.56 Å². The molecule has 1 aliphatic rings. The number of carbonyl (C=O) groups is 4. The van der Waals surface area contributed by atoms with Crippen molar-refractivity contribution in [2.45, 2.75) is 44.5 Å². The molecule has 3 N–H and O–H groups in total. The molecular weight excluding hydrogens is 581 g/mol. The smallest absolute Gasteiger partial charge is 0.496 e. The van der Waals surface area contributed by atoms with E-state index in [1.807, 2.05) is 30.3 Å². The fourth-order valence-corrected chi connectivity index (χ4v) is 5.05. The molecule has 1 aromatic heterocycles. The normalized spacial score (nSPS) is 16.5. The number of methoxy groups -OCH3 is 1. The summed E-state index contributed by atoms with van der Waals surface area (Å²) in [5.74, 6) is -3.86. The van der Waals surface area contributed by atoms with E-state index in [1.54, 1.807) is 24.3 Å². The SMILES string of the molecule is COc1cccc2[nH]c(C(=O)N=CC(CCCc3ccccc3)C(=O)N[C@@H](C[C@@H]3CCNC3=O)C(=O)COC(F)(F)F)cc12. The molecule has 3 amide bonds. The second kappa shape index (κ2) is 14.8. The monoisotopic (exact) mass is 614 g/mol. The van der Waals surface area contributed by atoms with Crippen molar-refractivity contribution >= 4 is 40.6 Å². The van der Waals surface area contributed by atoms with Crippen LogP contribution < -0.4 is 15.4 Å². The largest absolute Gasteiger partial charge is 0.522 e. The lowest BCUT2D eigenvalue weighted by molar-refractivity contribution is -0.321. The summed E-state index contributed by atoms with van der Waals surface area (Å²) in [6.07, 6.45) is -2.35. The minimum absolute atomic E-state index is 0.161. The van der Waals surface area contributed by atoms with Crippen LogP contribution in [0, 0.1) is 11.8 Å². The van der Waals surface area contributed by atoms with Crippen LogP contribution in [0.1, 0.15) is 41.7 Å². The highest BCUT2D eigenvalue weighted by molar-refractivity contribution is 6.05. The zero-order valence-corrected chi connectivity index (χ0v) is 24.0. The number of hydrogen-bond acceptors (Lipinski definition) is 6. The Balaban J connectivity index is 1.52. The van der Waals surface area contributed by atoms with Crippen LogP contribution in [0.5, 0.6) is 5.75 Å². The van der Waals surface area contributed by atoms with Crippen LogP contribution in [0.3, 0.4) is 0 Å². The van der Waals surface area contributed by atoms with Gasteiger partial charge in [0.2, 0.25) is 11.8 Å². The van der Waals surface area contributed by atoms with E-state index >= 15 is 0 Å². The third-order valence-corrected chi connectivity index (χ3v) is 7.37. The maximum atomic E-state index is 13.5. The van der Waals surface area contributed by atoms with E-state index in [2.05, 4.69) is 25.3 Å². The van der Waals surface area contributed by atoms with Crippen molar-refractivity contribution in [1.29, 1.82) is 0 Å². The first-order valence-electron chi connectivity index (χ1n) is 14.1. The fourth-order valence-electron chi connectivity index (χ4n) is 5.05.